The van der Waals surface area contributed by atoms with Gasteiger partial charge >= 0.3 is 0 Å². The molecule has 294 valence electrons. The number of hydrogen-bond acceptors (Lipinski definition) is 4. The second kappa shape index (κ2) is 14.0. The Hall–Kier alpha value is -8.61. The molecule has 6 heteroatoms. The molecule has 0 atom stereocenters. The van der Waals surface area contributed by atoms with Gasteiger partial charge < -0.3 is 13.6 Å². The summed E-state index contributed by atoms with van der Waals surface area (Å²) in [6.07, 6.45) is 0. The first-order valence-electron chi connectivity index (χ1n) is 21.2. The first-order valence-corrected chi connectivity index (χ1v) is 21.2. The van der Waals surface area contributed by atoms with E-state index in [1.165, 1.54) is 21.5 Å². The molecule has 0 radical (unpaired) electrons. The number of aromatic nitrogens is 5. The Morgan fingerprint density at radius 2 is 0.810 bits per heavy atom. The molecule has 0 aliphatic rings. The van der Waals surface area contributed by atoms with Crippen LogP contribution in [0.1, 0.15) is 0 Å². The average molecular weight is 806 g/mol. The minimum absolute atomic E-state index is 0.543. The van der Waals surface area contributed by atoms with Crippen LogP contribution in [0, 0.1) is 0 Å². The number of benzene rings is 9. The van der Waals surface area contributed by atoms with Crippen LogP contribution in [0.4, 0.5) is 0 Å². The van der Waals surface area contributed by atoms with E-state index in [0.717, 1.165) is 83.2 Å². The summed E-state index contributed by atoms with van der Waals surface area (Å²) in [5.74, 6) is 1.69. The van der Waals surface area contributed by atoms with Gasteiger partial charge in [0, 0.05) is 54.8 Å². The molecule has 13 rings (SSSR count). The monoisotopic (exact) mass is 805 g/mol. The number of rotatable bonds is 6. The van der Waals surface area contributed by atoms with Gasteiger partial charge in [-0.15, -0.1) is 0 Å². The molecule has 0 bridgehead atoms. The van der Waals surface area contributed by atoms with Crippen LogP contribution in [0.3, 0.4) is 0 Å². The van der Waals surface area contributed by atoms with Crippen LogP contribution in [0.2, 0.25) is 0 Å². The summed E-state index contributed by atoms with van der Waals surface area (Å²) in [6.45, 7) is 0. The second-order valence-electron chi connectivity index (χ2n) is 16.0. The van der Waals surface area contributed by atoms with Crippen molar-refractivity contribution in [1.82, 2.24) is 24.1 Å². The molecule has 0 fully saturated rings. The molecule has 4 heterocycles. The molecule has 0 amide bonds. The van der Waals surface area contributed by atoms with E-state index in [0.29, 0.717) is 17.5 Å². The van der Waals surface area contributed by atoms with E-state index in [9.17, 15) is 0 Å². The van der Waals surface area contributed by atoms with Crippen molar-refractivity contribution in [2.75, 3.05) is 0 Å². The zero-order valence-corrected chi connectivity index (χ0v) is 33.9. The van der Waals surface area contributed by atoms with Crippen molar-refractivity contribution in [1.29, 1.82) is 0 Å². The number of para-hydroxylation sites is 5. The highest BCUT2D eigenvalue weighted by atomic mass is 16.3. The molecule has 9 aromatic carbocycles. The summed E-state index contributed by atoms with van der Waals surface area (Å²) < 4.78 is 11.4. The molecule has 0 spiro atoms. The lowest BCUT2D eigenvalue weighted by atomic mass is 10.0. The van der Waals surface area contributed by atoms with Crippen molar-refractivity contribution >= 4 is 65.6 Å². The number of nitrogens with zero attached hydrogens (tertiary/aromatic N) is 5. The lowest BCUT2D eigenvalue weighted by molar-refractivity contribution is 0.669. The van der Waals surface area contributed by atoms with E-state index in [4.69, 9.17) is 19.4 Å². The Bertz CT molecular complexity index is 3920. The molecule has 0 aliphatic carbocycles. The molecular weight excluding hydrogens is 771 g/mol. The van der Waals surface area contributed by atoms with Gasteiger partial charge in [0.1, 0.15) is 11.2 Å². The maximum Gasteiger partial charge on any atom is 0.167 e. The minimum Gasteiger partial charge on any atom is -0.455 e. The zero-order chi connectivity index (χ0) is 41.4. The van der Waals surface area contributed by atoms with Crippen molar-refractivity contribution in [2.45, 2.75) is 0 Å². The largest absolute Gasteiger partial charge is 0.455 e. The third-order valence-corrected chi connectivity index (χ3v) is 12.4. The fourth-order valence-corrected chi connectivity index (χ4v) is 9.54. The van der Waals surface area contributed by atoms with Crippen LogP contribution in [0.5, 0.6) is 0 Å². The van der Waals surface area contributed by atoms with Gasteiger partial charge in [0.05, 0.1) is 27.6 Å². The van der Waals surface area contributed by atoms with Crippen LogP contribution < -0.4 is 0 Å². The van der Waals surface area contributed by atoms with E-state index in [1.807, 2.05) is 30.3 Å². The lowest BCUT2D eigenvalue weighted by Gasteiger charge is -2.14. The summed E-state index contributed by atoms with van der Waals surface area (Å²) in [5.41, 5.74) is 13.1. The Kier molecular flexibility index (Phi) is 7.80. The highest BCUT2D eigenvalue weighted by Gasteiger charge is 2.23. The van der Waals surface area contributed by atoms with Gasteiger partial charge in [-0.2, -0.15) is 0 Å². The van der Waals surface area contributed by atoms with Gasteiger partial charge in [-0.25, -0.2) is 15.0 Å². The maximum atomic E-state index is 6.55. The average Bonchev–Trinajstić information content (AvgIpc) is 4.02. The van der Waals surface area contributed by atoms with Gasteiger partial charge in [-0.05, 0) is 65.7 Å². The number of fused-ring (bicyclic) bond motifs is 10. The minimum atomic E-state index is 0.543. The molecular formula is C57H35N5O. The first-order chi connectivity index (χ1) is 31.2. The summed E-state index contributed by atoms with van der Waals surface area (Å²) >= 11 is 0. The number of furan rings is 1. The fourth-order valence-electron chi connectivity index (χ4n) is 9.54. The standard InChI is InChI=1S/C57H35N5O/c1-3-16-36(17-4-1)37-18-13-19-38(34-37)55-58-56(60-57(59-55)48-28-15-27-47-44-26-9-12-31-51(44)63-54(47)48)39-20-14-23-41(35-39)62-50-30-11-8-25-43(50)46-33-32-45-42-24-7-10-29-49(42)61(52(45)53(46)62)40-21-5-2-6-22-40/h1-35H. The smallest absolute Gasteiger partial charge is 0.167 e. The zero-order valence-electron chi connectivity index (χ0n) is 33.9. The van der Waals surface area contributed by atoms with Gasteiger partial charge in [0.2, 0.25) is 0 Å². The quantitative estimate of drug-likeness (QED) is 0.168. The summed E-state index contributed by atoms with van der Waals surface area (Å²) in [5, 5.41) is 6.86. The van der Waals surface area contributed by atoms with Gasteiger partial charge in [-0.1, -0.05) is 158 Å². The Morgan fingerprint density at radius 1 is 0.317 bits per heavy atom. The first kappa shape index (κ1) is 35.2. The Morgan fingerprint density at radius 3 is 1.52 bits per heavy atom. The normalized spacial score (nSPS) is 11.8. The fraction of sp³-hybridized carbons (Fsp3) is 0. The predicted molar refractivity (Wildman–Crippen MR) is 258 cm³/mol. The highest BCUT2D eigenvalue weighted by Crippen LogP contribution is 2.42. The third kappa shape index (κ3) is 5.55. The lowest BCUT2D eigenvalue weighted by Crippen LogP contribution is -2.02. The van der Waals surface area contributed by atoms with Gasteiger partial charge in [-0.3, -0.25) is 0 Å². The number of hydrogen-bond donors (Lipinski definition) is 0. The molecule has 0 aliphatic heterocycles. The van der Waals surface area contributed by atoms with Crippen molar-refractivity contribution in [3.05, 3.63) is 212 Å². The maximum absolute atomic E-state index is 6.55. The molecule has 0 N–H and O–H groups in total. The van der Waals surface area contributed by atoms with Gasteiger partial charge in [0.15, 0.2) is 17.5 Å². The van der Waals surface area contributed by atoms with Crippen LogP contribution in [0.25, 0.3) is 122 Å². The molecule has 0 unspecified atom stereocenters. The molecule has 6 nitrogen and oxygen atoms in total. The van der Waals surface area contributed by atoms with Crippen LogP contribution in [0.15, 0.2) is 217 Å². The van der Waals surface area contributed by atoms with Crippen molar-refractivity contribution < 1.29 is 4.42 Å². The summed E-state index contributed by atoms with van der Waals surface area (Å²) in [4.78, 5) is 15.8. The van der Waals surface area contributed by atoms with Crippen LogP contribution >= 0.6 is 0 Å². The summed E-state index contributed by atoms with van der Waals surface area (Å²) in [6, 6.07) is 74.4. The second-order valence-corrected chi connectivity index (χ2v) is 16.0. The van der Waals surface area contributed by atoms with E-state index in [2.05, 4.69) is 191 Å². The highest BCUT2D eigenvalue weighted by molar-refractivity contribution is 6.24. The van der Waals surface area contributed by atoms with E-state index in [1.54, 1.807) is 0 Å². The molecule has 4 aromatic heterocycles. The molecule has 13 aromatic rings. The molecule has 63 heavy (non-hydrogen) atoms. The van der Waals surface area contributed by atoms with Crippen LogP contribution in [-0.4, -0.2) is 24.1 Å². The van der Waals surface area contributed by atoms with Crippen molar-refractivity contribution in [2.24, 2.45) is 0 Å². The molecule has 0 saturated carbocycles. The van der Waals surface area contributed by atoms with E-state index >= 15 is 0 Å². The molecule has 0 saturated heterocycles. The Balaban J connectivity index is 1.06. The van der Waals surface area contributed by atoms with Crippen molar-refractivity contribution in [3.63, 3.8) is 0 Å². The van der Waals surface area contributed by atoms with Crippen LogP contribution in [-0.2, 0) is 0 Å². The van der Waals surface area contributed by atoms with Crippen molar-refractivity contribution in [3.8, 4) is 56.7 Å². The predicted octanol–water partition coefficient (Wildman–Crippen LogP) is 14.6. The SMILES string of the molecule is c1ccc(-c2cccc(-c3nc(-c4cccc(-n5c6ccccc6c6ccc7c8ccccc8n(-c8ccccc8)c7c65)c4)nc(-c4cccc5c4oc4ccccc45)n3)c2)cc1. The van der Waals surface area contributed by atoms with E-state index < -0.39 is 0 Å². The Labute approximate surface area is 361 Å². The van der Waals surface area contributed by atoms with E-state index in [-0.39, 0.29) is 0 Å². The third-order valence-electron chi connectivity index (χ3n) is 12.4. The summed E-state index contributed by atoms with van der Waals surface area (Å²) in [7, 11) is 0. The van der Waals surface area contributed by atoms with Gasteiger partial charge in [0.25, 0.3) is 0 Å². The topological polar surface area (TPSA) is 61.7 Å².